The molecule has 0 radical (unpaired) electrons. The summed E-state index contributed by atoms with van der Waals surface area (Å²) in [6, 6.07) is 13.2. The Balaban J connectivity index is 1.54. The first-order valence-corrected chi connectivity index (χ1v) is 9.66. The van der Waals surface area contributed by atoms with Crippen LogP contribution in [0.1, 0.15) is 17.5 Å². The molecule has 0 aliphatic carbocycles. The third-order valence-corrected chi connectivity index (χ3v) is 4.96. The van der Waals surface area contributed by atoms with Crippen molar-refractivity contribution in [3.05, 3.63) is 70.5 Å². The number of benzene rings is 2. The maximum Gasteiger partial charge on any atom is 0.237 e. The Morgan fingerprint density at radius 3 is 2.79 bits per heavy atom. The summed E-state index contributed by atoms with van der Waals surface area (Å²) in [6.45, 7) is 2.02. The molecule has 2 amide bonds. The van der Waals surface area contributed by atoms with E-state index in [1.807, 2.05) is 29.2 Å². The van der Waals surface area contributed by atoms with Gasteiger partial charge in [-0.05, 0) is 41.8 Å². The molecule has 1 aliphatic rings. The molecule has 0 saturated carbocycles. The van der Waals surface area contributed by atoms with E-state index in [1.165, 1.54) is 12.1 Å². The van der Waals surface area contributed by atoms with Gasteiger partial charge in [-0.15, -0.1) is 0 Å². The highest BCUT2D eigenvalue weighted by molar-refractivity contribution is 6.30. The molecule has 1 fully saturated rings. The van der Waals surface area contributed by atoms with E-state index in [0.717, 1.165) is 11.1 Å². The Labute approximate surface area is 168 Å². The van der Waals surface area contributed by atoms with Crippen molar-refractivity contribution >= 4 is 23.4 Å². The van der Waals surface area contributed by atoms with Gasteiger partial charge in [-0.1, -0.05) is 35.9 Å². The van der Waals surface area contributed by atoms with Crippen LogP contribution in [0.15, 0.2) is 48.5 Å². The highest BCUT2D eigenvalue weighted by Crippen LogP contribution is 2.15. The highest BCUT2D eigenvalue weighted by Gasteiger charge is 2.31. The number of rotatable bonds is 7. The molecule has 1 aliphatic heterocycles. The lowest BCUT2D eigenvalue weighted by Gasteiger charge is -2.34. The predicted molar refractivity (Wildman–Crippen MR) is 106 cm³/mol. The Hall–Kier alpha value is -2.44. The molecule has 7 heteroatoms. The minimum Gasteiger partial charge on any atom is -0.356 e. The zero-order chi connectivity index (χ0) is 19.9. The van der Waals surface area contributed by atoms with Gasteiger partial charge >= 0.3 is 0 Å². The van der Waals surface area contributed by atoms with Gasteiger partial charge in [-0.25, -0.2) is 4.39 Å². The van der Waals surface area contributed by atoms with Gasteiger partial charge in [0.05, 0.1) is 12.5 Å². The number of carbonyl (C=O) groups excluding carboxylic acids is 2. The first-order valence-electron chi connectivity index (χ1n) is 9.28. The van der Waals surface area contributed by atoms with Crippen molar-refractivity contribution in [3.63, 3.8) is 0 Å². The summed E-state index contributed by atoms with van der Waals surface area (Å²) in [7, 11) is 0. The van der Waals surface area contributed by atoms with Crippen LogP contribution in [0.3, 0.4) is 0 Å². The number of piperazine rings is 1. The monoisotopic (exact) mass is 403 g/mol. The average molecular weight is 404 g/mol. The van der Waals surface area contributed by atoms with E-state index in [0.29, 0.717) is 37.6 Å². The van der Waals surface area contributed by atoms with Crippen molar-refractivity contribution in [2.45, 2.75) is 25.4 Å². The first kappa shape index (κ1) is 20.3. The molecule has 5 nitrogen and oxygen atoms in total. The molecule has 148 valence electrons. The number of halogens is 2. The molecule has 2 aromatic rings. The fraction of sp³-hybridized carbons (Fsp3) is 0.333. The normalized spacial score (nSPS) is 17.2. The second-order valence-corrected chi connectivity index (χ2v) is 7.28. The zero-order valence-electron chi connectivity index (χ0n) is 15.5. The van der Waals surface area contributed by atoms with Crippen LogP contribution >= 0.6 is 11.6 Å². The minimum absolute atomic E-state index is 0.0662. The second kappa shape index (κ2) is 9.66. The van der Waals surface area contributed by atoms with Gasteiger partial charge in [0.2, 0.25) is 11.8 Å². The Morgan fingerprint density at radius 2 is 2.00 bits per heavy atom. The second-order valence-electron chi connectivity index (χ2n) is 6.84. The van der Waals surface area contributed by atoms with E-state index in [-0.39, 0.29) is 24.1 Å². The topological polar surface area (TPSA) is 61.4 Å². The maximum absolute atomic E-state index is 13.4. The van der Waals surface area contributed by atoms with E-state index in [2.05, 4.69) is 10.6 Å². The maximum atomic E-state index is 13.4. The predicted octanol–water partition coefficient (Wildman–Crippen LogP) is 2.53. The first-order chi connectivity index (χ1) is 13.5. The Morgan fingerprint density at radius 1 is 1.21 bits per heavy atom. The number of hydrogen-bond acceptors (Lipinski definition) is 3. The van der Waals surface area contributed by atoms with E-state index in [1.54, 1.807) is 12.1 Å². The van der Waals surface area contributed by atoms with Gasteiger partial charge in [-0.3, -0.25) is 14.5 Å². The molecule has 0 aromatic heterocycles. The molecule has 1 saturated heterocycles. The molecule has 3 rings (SSSR count). The van der Waals surface area contributed by atoms with E-state index in [4.69, 9.17) is 11.6 Å². The summed E-state index contributed by atoms with van der Waals surface area (Å²) in [5, 5.41) is 6.33. The molecule has 2 aromatic carbocycles. The average Bonchev–Trinajstić information content (AvgIpc) is 2.65. The molecule has 2 N–H and O–H groups in total. The van der Waals surface area contributed by atoms with E-state index in [9.17, 15) is 14.0 Å². The van der Waals surface area contributed by atoms with Gasteiger partial charge in [0, 0.05) is 31.2 Å². The molecular formula is C21H23ClFN3O2. The molecule has 0 bridgehead atoms. The molecule has 0 spiro atoms. The van der Waals surface area contributed by atoms with Crippen LogP contribution in [0.25, 0.3) is 0 Å². The van der Waals surface area contributed by atoms with Gasteiger partial charge in [0.15, 0.2) is 0 Å². The third kappa shape index (κ3) is 5.78. The summed E-state index contributed by atoms with van der Waals surface area (Å²) >= 11 is 5.96. The van der Waals surface area contributed by atoms with Crippen molar-refractivity contribution in [1.29, 1.82) is 0 Å². The van der Waals surface area contributed by atoms with Crippen LogP contribution in [-0.2, 0) is 22.6 Å². The lowest BCUT2D eigenvalue weighted by molar-refractivity contribution is -0.134. The summed E-state index contributed by atoms with van der Waals surface area (Å²) in [4.78, 5) is 26.6. The summed E-state index contributed by atoms with van der Waals surface area (Å²) < 4.78 is 13.4. The molecule has 28 heavy (non-hydrogen) atoms. The van der Waals surface area contributed by atoms with Crippen LogP contribution in [0.5, 0.6) is 0 Å². The number of amides is 2. The number of nitrogens with zero attached hydrogens (tertiary/aromatic N) is 1. The summed E-state index contributed by atoms with van der Waals surface area (Å²) in [5.41, 5.74) is 1.82. The van der Waals surface area contributed by atoms with Crippen molar-refractivity contribution in [1.82, 2.24) is 15.5 Å². The van der Waals surface area contributed by atoms with Crippen LogP contribution in [-0.4, -0.2) is 42.4 Å². The van der Waals surface area contributed by atoms with Crippen LogP contribution in [0, 0.1) is 5.82 Å². The lowest BCUT2D eigenvalue weighted by Crippen LogP contribution is -2.56. The SMILES string of the molecule is O=C(CC1C(=O)NCCN1Cc1cccc(F)c1)NCCc1cccc(Cl)c1. The molecule has 1 unspecified atom stereocenters. The Bertz CT molecular complexity index is 846. The van der Waals surface area contributed by atoms with E-state index < -0.39 is 6.04 Å². The van der Waals surface area contributed by atoms with Crippen LogP contribution in [0.2, 0.25) is 5.02 Å². The van der Waals surface area contributed by atoms with Crippen LogP contribution < -0.4 is 10.6 Å². The molecular weight excluding hydrogens is 381 g/mol. The Kier molecular flexibility index (Phi) is 7.01. The third-order valence-electron chi connectivity index (χ3n) is 4.72. The summed E-state index contributed by atoms with van der Waals surface area (Å²) in [6.07, 6.45) is 0.729. The number of hydrogen-bond donors (Lipinski definition) is 2. The van der Waals surface area contributed by atoms with Gasteiger partial charge in [0.25, 0.3) is 0 Å². The van der Waals surface area contributed by atoms with Crippen molar-refractivity contribution < 1.29 is 14.0 Å². The fourth-order valence-electron chi connectivity index (χ4n) is 3.33. The minimum atomic E-state index is -0.566. The largest absolute Gasteiger partial charge is 0.356 e. The fourth-order valence-corrected chi connectivity index (χ4v) is 3.54. The van der Waals surface area contributed by atoms with Crippen molar-refractivity contribution in [2.24, 2.45) is 0 Å². The van der Waals surface area contributed by atoms with Gasteiger partial charge < -0.3 is 10.6 Å². The van der Waals surface area contributed by atoms with E-state index >= 15 is 0 Å². The quantitative estimate of drug-likeness (QED) is 0.746. The smallest absolute Gasteiger partial charge is 0.237 e. The highest BCUT2D eigenvalue weighted by atomic mass is 35.5. The van der Waals surface area contributed by atoms with Gasteiger partial charge in [0.1, 0.15) is 5.82 Å². The van der Waals surface area contributed by atoms with Gasteiger partial charge in [-0.2, -0.15) is 0 Å². The zero-order valence-corrected chi connectivity index (χ0v) is 16.2. The van der Waals surface area contributed by atoms with Crippen molar-refractivity contribution in [3.8, 4) is 0 Å². The molecule has 1 heterocycles. The number of nitrogens with one attached hydrogen (secondary N) is 2. The molecule has 1 atom stereocenters. The lowest BCUT2D eigenvalue weighted by atomic mass is 10.1. The van der Waals surface area contributed by atoms with Crippen LogP contribution in [0.4, 0.5) is 4.39 Å². The number of carbonyl (C=O) groups is 2. The standard InChI is InChI=1S/C21H23ClFN3O2/c22-17-5-1-3-15(11-17)7-8-24-20(27)13-19-21(28)25-9-10-26(19)14-16-4-2-6-18(23)12-16/h1-6,11-12,19H,7-10,13-14H2,(H,24,27)(H,25,28). The van der Waals surface area contributed by atoms with Crippen molar-refractivity contribution in [2.75, 3.05) is 19.6 Å². The summed E-state index contributed by atoms with van der Waals surface area (Å²) in [5.74, 6) is -0.671.